The summed E-state index contributed by atoms with van der Waals surface area (Å²) in [6.45, 7) is 5.96. The summed E-state index contributed by atoms with van der Waals surface area (Å²) in [6.07, 6.45) is 5.87. The predicted octanol–water partition coefficient (Wildman–Crippen LogP) is 3.04. The zero-order chi connectivity index (χ0) is 23.1. The van der Waals surface area contributed by atoms with Crippen LogP contribution in [0.1, 0.15) is 52.4 Å². The molecular weight excluding hydrogens is 422 g/mol. The highest BCUT2D eigenvalue weighted by Crippen LogP contribution is 2.36. The number of rotatable bonds is 10. The molecule has 1 aliphatic heterocycles. The van der Waals surface area contributed by atoms with Crippen molar-refractivity contribution in [3.8, 4) is 0 Å². The molecule has 7 heteroatoms. The van der Waals surface area contributed by atoms with Gasteiger partial charge < -0.3 is 21.1 Å². The van der Waals surface area contributed by atoms with E-state index in [1.807, 2.05) is 30.3 Å². The van der Waals surface area contributed by atoms with Crippen LogP contribution in [-0.2, 0) is 9.59 Å². The van der Waals surface area contributed by atoms with E-state index in [0.717, 1.165) is 29.8 Å². The predicted molar refractivity (Wildman–Crippen MR) is 129 cm³/mol. The van der Waals surface area contributed by atoms with Crippen molar-refractivity contribution in [2.45, 2.75) is 69.4 Å². The second-order valence-corrected chi connectivity index (χ2v) is 11.2. The van der Waals surface area contributed by atoms with E-state index in [-0.39, 0.29) is 12.3 Å². The Labute approximate surface area is 196 Å². The third kappa shape index (κ3) is 7.22. The number of nitrogens with zero attached hydrogens (tertiary/aromatic N) is 1. The van der Waals surface area contributed by atoms with Crippen LogP contribution in [0.2, 0.25) is 0 Å². The van der Waals surface area contributed by atoms with Gasteiger partial charge in [-0.2, -0.15) is 0 Å². The monoisotopic (exact) mass is 461 g/mol. The number of carbonyl (C=O) groups is 2. The molecule has 1 heterocycles. The smallest absolute Gasteiger partial charge is 0.223 e. The van der Waals surface area contributed by atoms with Gasteiger partial charge >= 0.3 is 0 Å². The van der Waals surface area contributed by atoms with Gasteiger partial charge in [-0.05, 0) is 43.4 Å². The molecule has 0 unspecified atom stereocenters. The number of carbonyl (C=O) groups excluding carboxylic acids is 2. The number of primary amides is 1. The molecule has 2 aliphatic rings. The van der Waals surface area contributed by atoms with Gasteiger partial charge in [0.05, 0.1) is 17.6 Å². The first-order chi connectivity index (χ1) is 15.2. The van der Waals surface area contributed by atoms with Crippen LogP contribution in [-0.4, -0.2) is 59.4 Å². The van der Waals surface area contributed by atoms with Gasteiger partial charge in [-0.15, -0.1) is 11.8 Å². The molecule has 1 aromatic carbocycles. The summed E-state index contributed by atoms with van der Waals surface area (Å²) in [5.74, 6) is 1.40. The molecule has 32 heavy (non-hydrogen) atoms. The Hall–Kier alpha value is -1.57. The number of aliphatic hydroxyl groups excluding tert-OH is 1. The fraction of sp³-hybridized carbons (Fsp3) is 0.680. The van der Waals surface area contributed by atoms with E-state index in [2.05, 4.69) is 10.2 Å². The third-order valence-electron chi connectivity index (χ3n) is 7.07. The highest BCUT2D eigenvalue weighted by atomic mass is 32.2. The number of piperidine rings is 1. The van der Waals surface area contributed by atoms with Crippen LogP contribution in [0.3, 0.4) is 0 Å². The number of fused-ring (bicyclic) bond motifs is 1. The lowest BCUT2D eigenvalue weighted by molar-refractivity contribution is -0.133. The van der Waals surface area contributed by atoms with E-state index in [4.69, 9.17) is 5.73 Å². The van der Waals surface area contributed by atoms with Gasteiger partial charge in [0, 0.05) is 30.2 Å². The number of hydrogen-bond donors (Lipinski definition) is 3. The molecule has 0 spiro atoms. The van der Waals surface area contributed by atoms with Crippen LogP contribution in [0.25, 0.3) is 0 Å². The van der Waals surface area contributed by atoms with E-state index in [9.17, 15) is 14.7 Å². The minimum Gasteiger partial charge on any atom is -0.390 e. The minimum absolute atomic E-state index is 0.00895. The Bertz CT molecular complexity index is 758. The molecule has 3 rings (SSSR count). The highest BCUT2D eigenvalue weighted by molar-refractivity contribution is 7.99. The highest BCUT2D eigenvalue weighted by Gasteiger charge is 2.34. The first kappa shape index (κ1) is 25.1. The molecule has 1 aliphatic carbocycles. The molecule has 2 fully saturated rings. The molecule has 178 valence electrons. The normalized spacial score (nSPS) is 23.7. The summed E-state index contributed by atoms with van der Waals surface area (Å²) in [5.41, 5.74) is 4.52. The van der Waals surface area contributed by atoms with Crippen molar-refractivity contribution in [2.24, 2.45) is 23.0 Å². The van der Waals surface area contributed by atoms with Gasteiger partial charge in [0.1, 0.15) is 0 Å². The number of likely N-dealkylation sites (tertiary alicyclic amines) is 1. The summed E-state index contributed by atoms with van der Waals surface area (Å²) in [6, 6.07) is 9.59. The summed E-state index contributed by atoms with van der Waals surface area (Å²) < 4.78 is 0. The number of β-amino-alcohol motifs (C(OH)–C–C–N with tert-alkyl or cyclic N) is 1. The van der Waals surface area contributed by atoms with Gasteiger partial charge in [-0.1, -0.05) is 51.3 Å². The Kier molecular flexibility index (Phi) is 9.03. The van der Waals surface area contributed by atoms with Gasteiger partial charge in [-0.25, -0.2) is 0 Å². The van der Waals surface area contributed by atoms with Gasteiger partial charge in [0.2, 0.25) is 11.8 Å². The number of hydrogen-bond acceptors (Lipinski definition) is 5. The van der Waals surface area contributed by atoms with Crippen LogP contribution in [0.5, 0.6) is 0 Å². The second-order valence-electron chi connectivity index (χ2n) is 10.1. The Morgan fingerprint density at radius 2 is 1.88 bits per heavy atom. The quantitative estimate of drug-likeness (QED) is 0.466. The van der Waals surface area contributed by atoms with Crippen molar-refractivity contribution in [2.75, 3.05) is 25.4 Å². The third-order valence-corrected chi connectivity index (χ3v) is 8.21. The number of nitrogens with one attached hydrogen (secondary N) is 1. The summed E-state index contributed by atoms with van der Waals surface area (Å²) in [7, 11) is 0. The van der Waals surface area contributed by atoms with Crippen LogP contribution in [0, 0.1) is 17.3 Å². The standard InChI is InChI=1S/C25H39N3O3S/c1-25(2,24(26)31)14-23(30)27-21(17-32-20-10-4-3-5-11-20)22(29)16-28-13-12-18-8-6-7-9-19(18)15-28/h3-5,10-11,18-19,21-22,29H,6-9,12-17H2,1-2H3,(H2,26,31)(H,27,30)/t18-,19+,21-,22+/m0/s1. The van der Waals surface area contributed by atoms with Crippen molar-refractivity contribution >= 4 is 23.6 Å². The molecule has 2 amide bonds. The van der Waals surface area contributed by atoms with Gasteiger partial charge in [0.25, 0.3) is 0 Å². The number of aliphatic hydroxyl groups is 1. The number of thioether (sulfide) groups is 1. The van der Waals surface area contributed by atoms with Crippen molar-refractivity contribution in [3.05, 3.63) is 30.3 Å². The zero-order valence-electron chi connectivity index (χ0n) is 19.5. The Balaban J connectivity index is 1.60. The maximum Gasteiger partial charge on any atom is 0.223 e. The fourth-order valence-electron chi connectivity index (χ4n) is 4.93. The average molecular weight is 462 g/mol. The zero-order valence-corrected chi connectivity index (χ0v) is 20.3. The van der Waals surface area contributed by atoms with Crippen LogP contribution in [0.15, 0.2) is 35.2 Å². The second kappa shape index (κ2) is 11.5. The van der Waals surface area contributed by atoms with Gasteiger partial charge in [0.15, 0.2) is 0 Å². The Morgan fingerprint density at radius 3 is 2.56 bits per heavy atom. The topological polar surface area (TPSA) is 95.7 Å². The molecule has 1 aromatic rings. The van der Waals surface area contributed by atoms with Crippen molar-refractivity contribution in [1.82, 2.24) is 10.2 Å². The molecule has 0 bridgehead atoms. The average Bonchev–Trinajstić information content (AvgIpc) is 2.76. The van der Waals surface area contributed by atoms with Crippen molar-refractivity contribution < 1.29 is 14.7 Å². The first-order valence-electron chi connectivity index (χ1n) is 11.9. The summed E-state index contributed by atoms with van der Waals surface area (Å²) in [5, 5.41) is 14.1. The first-order valence-corrected chi connectivity index (χ1v) is 12.9. The van der Waals surface area contributed by atoms with E-state index in [1.165, 1.54) is 32.1 Å². The molecule has 1 saturated carbocycles. The molecule has 0 aromatic heterocycles. The molecule has 4 atom stereocenters. The number of nitrogens with two attached hydrogens (primary N) is 1. The Morgan fingerprint density at radius 1 is 1.19 bits per heavy atom. The van der Waals surface area contributed by atoms with Crippen LogP contribution < -0.4 is 11.1 Å². The summed E-state index contributed by atoms with van der Waals surface area (Å²) in [4.78, 5) is 27.8. The lowest BCUT2D eigenvalue weighted by Crippen LogP contribution is -2.53. The van der Waals surface area contributed by atoms with Crippen molar-refractivity contribution in [3.63, 3.8) is 0 Å². The maximum absolute atomic E-state index is 12.7. The van der Waals surface area contributed by atoms with Gasteiger partial charge in [-0.3, -0.25) is 9.59 Å². The minimum atomic E-state index is -0.922. The van der Waals surface area contributed by atoms with E-state index in [1.54, 1.807) is 25.6 Å². The largest absolute Gasteiger partial charge is 0.390 e. The lowest BCUT2D eigenvalue weighted by atomic mass is 9.75. The van der Waals surface area contributed by atoms with Crippen molar-refractivity contribution in [1.29, 1.82) is 0 Å². The van der Waals surface area contributed by atoms with Crippen LogP contribution in [0.4, 0.5) is 0 Å². The number of benzene rings is 1. The lowest BCUT2D eigenvalue weighted by Gasteiger charge is -2.42. The van der Waals surface area contributed by atoms with E-state index >= 15 is 0 Å². The van der Waals surface area contributed by atoms with E-state index in [0.29, 0.717) is 12.3 Å². The molecular formula is C25H39N3O3S. The molecule has 4 N–H and O–H groups in total. The van der Waals surface area contributed by atoms with E-state index < -0.39 is 23.5 Å². The molecule has 0 radical (unpaired) electrons. The molecule has 6 nitrogen and oxygen atoms in total. The maximum atomic E-state index is 12.7. The SMILES string of the molecule is CC(C)(CC(=O)N[C@@H](CSc1ccccc1)[C@H](O)CN1CC[C@@H]2CCCC[C@@H]2C1)C(N)=O. The molecule has 1 saturated heterocycles. The van der Waals surface area contributed by atoms with Crippen LogP contribution >= 0.6 is 11.8 Å². The number of amides is 2. The fourth-order valence-corrected chi connectivity index (χ4v) is 5.96. The summed E-state index contributed by atoms with van der Waals surface area (Å²) >= 11 is 1.62.